The SMILES string of the molecule is Cc1cc(CCCO)cc(C)c1N. The maximum atomic E-state index is 8.70. The number of aryl methyl sites for hydroxylation is 3. The van der Waals surface area contributed by atoms with E-state index in [0.29, 0.717) is 0 Å². The average Bonchev–Trinajstić information content (AvgIpc) is 2.10. The van der Waals surface area contributed by atoms with Crippen LogP contribution in [0, 0.1) is 13.8 Å². The van der Waals surface area contributed by atoms with E-state index in [1.165, 1.54) is 5.56 Å². The van der Waals surface area contributed by atoms with Crippen LogP contribution in [0.25, 0.3) is 0 Å². The van der Waals surface area contributed by atoms with Gasteiger partial charge in [0.05, 0.1) is 0 Å². The summed E-state index contributed by atoms with van der Waals surface area (Å²) in [6, 6.07) is 4.19. The molecule has 3 N–H and O–H groups in total. The molecule has 0 aromatic heterocycles. The zero-order valence-corrected chi connectivity index (χ0v) is 8.30. The summed E-state index contributed by atoms with van der Waals surface area (Å²) in [4.78, 5) is 0. The van der Waals surface area contributed by atoms with Crippen molar-refractivity contribution in [3.05, 3.63) is 28.8 Å². The Hall–Kier alpha value is -1.02. The zero-order chi connectivity index (χ0) is 9.84. The molecule has 0 aliphatic carbocycles. The predicted molar refractivity (Wildman–Crippen MR) is 55.7 cm³/mol. The Kier molecular flexibility index (Phi) is 3.32. The summed E-state index contributed by atoms with van der Waals surface area (Å²) in [5.41, 5.74) is 10.2. The molecule has 1 aromatic rings. The normalized spacial score (nSPS) is 10.4. The molecule has 0 amide bonds. The predicted octanol–water partition coefficient (Wildman–Crippen LogP) is 1.81. The first-order valence-corrected chi connectivity index (χ1v) is 4.61. The van der Waals surface area contributed by atoms with E-state index in [1.807, 2.05) is 13.8 Å². The number of nitrogens with two attached hydrogens (primary N) is 1. The van der Waals surface area contributed by atoms with E-state index < -0.39 is 0 Å². The van der Waals surface area contributed by atoms with Gasteiger partial charge in [-0.2, -0.15) is 0 Å². The second-order valence-corrected chi connectivity index (χ2v) is 3.47. The molecule has 1 rings (SSSR count). The standard InChI is InChI=1S/C11H17NO/c1-8-6-10(4-3-5-13)7-9(2)11(8)12/h6-7,13H,3-5,12H2,1-2H3. The number of nitrogen functional groups attached to an aromatic ring is 1. The topological polar surface area (TPSA) is 46.2 Å². The molecule has 0 fully saturated rings. The number of rotatable bonds is 3. The van der Waals surface area contributed by atoms with Gasteiger partial charge in [-0.15, -0.1) is 0 Å². The highest BCUT2D eigenvalue weighted by Crippen LogP contribution is 2.19. The Morgan fingerprint density at radius 2 is 1.77 bits per heavy atom. The van der Waals surface area contributed by atoms with Crippen molar-refractivity contribution >= 4 is 5.69 Å². The first-order valence-electron chi connectivity index (χ1n) is 4.61. The molecule has 0 spiro atoms. The lowest BCUT2D eigenvalue weighted by Gasteiger charge is -2.08. The van der Waals surface area contributed by atoms with E-state index >= 15 is 0 Å². The lowest BCUT2D eigenvalue weighted by Crippen LogP contribution is -1.97. The highest BCUT2D eigenvalue weighted by Gasteiger charge is 2.00. The Morgan fingerprint density at radius 1 is 1.23 bits per heavy atom. The minimum Gasteiger partial charge on any atom is -0.398 e. The van der Waals surface area contributed by atoms with Gasteiger partial charge in [-0.25, -0.2) is 0 Å². The van der Waals surface area contributed by atoms with Crippen molar-refractivity contribution in [2.75, 3.05) is 12.3 Å². The van der Waals surface area contributed by atoms with Gasteiger partial charge in [-0.1, -0.05) is 12.1 Å². The van der Waals surface area contributed by atoms with Crippen LogP contribution in [-0.4, -0.2) is 11.7 Å². The largest absolute Gasteiger partial charge is 0.398 e. The first kappa shape index (κ1) is 10.1. The van der Waals surface area contributed by atoms with Gasteiger partial charge in [-0.3, -0.25) is 0 Å². The molecule has 0 aliphatic rings. The second kappa shape index (κ2) is 4.28. The summed E-state index contributed by atoms with van der Waals surface area (Å²) in [6.45, 7) is 4.29. The first-order chi connectivity index (χ1) is 6.15. The van der Waals surface area contributed by atoms with Gasteiger partial charge in [-0.05, 0) is 43.4 Å². The summed E-state index contributed by atoms with van der Waals surface area (Å²) in [5, 5.41) is 8.70. The minimum atomic E-state index is 0.252. The molecule has 0 radical (unpaired) electrons. The number of benzene rings is 1. The Labute approximate surface area is 79.4 Å². The number of aliphatic hydroxyl groups excluding tert-OH is 1. The number of hydrogen-bond donors (Lipinski definition) is 2. The van der Waals surface area contributed by atoms with Crippen LogP contribution >= 0.6 is 0 Å². The van der Waals surface area contributed by atoms with Crippen LogP contribution < -0.4 is 5.73 Å². The van der Waals surface area contributed by atoms with Crippen molar-refractivity contribution in [3.8, 4) is 0 Å². The molecule has 2 heteroatoms. The van der Waals surface area contributed by atoms with Gasteiger partial charge in [0, 0.05) is 12.3 Å². The fraction of sp³-hybridized carbons (Fsp3) is 0.455. The minimum absolute atomic E-state index is 0.252. The average molecular weight is 179 g/mol. The lowest BCUT2D eigenvalue weighted by molar-refractivity contribution is 0.288. The van der Waals surface area contributed by atoms with E-state index in [0.717, 1.165) is 29.7 Å². The van der Waals surface area contributed by atoms with Crippen molar-refractivity contribution < 1.29 is 5.11 Å². The van der Waals surface area contributed by atoms with Gasteiger partial charge in [0.15, 0.2) is 0 Å². The second-order valence-electron chi connectivity index (χ2n) is 3.47. The molecule has 72 valence electrons. The summed E-state index contributed by atoms with van der Waals surface area (Å²) in [7, 11) is 0. The Bertz CT molecular complexity index is 271. The van der Waals surface area contributed by atoms with Crippen molar-refractivity contribution in [2.24, 2.45) is 0 Å². The third kappa shape index (κ3) is 2.46. The maximum Gasteiger partial charge on any atom is 0.0434 e. The fourth-order valence-electron chi connectivity index (χ4n) is 1.49. The third-order valence-electron chi connectivity index (χ3n) is 2.28. The highest BCUT2D eigenvalue weighted by molar-refractivity contribution is 5.54. The zero-order valence-electron chi connectivity index (χ0n) is 8.30. The molecule has 0 aliphatic heterocycles. The molecule has 0 atom stereocenters. The number of aliphatic hydroxyl groups is 1. The van der Waals surface area contributed by atoms with Crippen molar-refractivity contribution in [2.45, 2.75) is 26.7 Å². The third-order valence-corrected chi connectivity index (χ3v) is 2.28. The Balaban J connectivity index is 2.86. The summed E-state index contributed by atoms with van der Waals surface area (Å²) in [6.07, 6.45) is 1.75. The van der Waals surface area contributed by atoms with Crippen LogP contribution in [0.15, 0.2) is 12.1 Å². The van der Waals surface area contributed by atoms with E-state index in [4.69, 9.17) is 10.8 Å². The molecule has 0 bridgehead atoms. The Morgan fingerprint density at radius 3 is 2.23 bits per heavy atom. The molecule has 13 heavy (non-hydrogen) atoms. The summed E-state index contributed by atoms with van der Waals surface area (Å²) < 4.78 is 0. The molecule has 2 nitrogen and oxygen atoms in total. The molecule has 0 unspecified atom stereocenters. The van der Waals surface area contributed by atoms with E-state index in [2.05, 4.69) is 12.1 Å². The van der Waals surface area contributed by atoms with Gasteiger partial charge in [0.25, 0.3) is 0 Å². The highest BCUT2D eigenvalue weighted by atomic mass is 16.2. The molecule has 1 aromatic carbocycles. The van der Waals surface area contributed by atoms with Crippen LogP contribution in [0.1, 0.15) is 23.1 Å². The van der Waals surface area contributed by atoms with Crippen LogP contribution in [0.3, 0.4) is 0 Å². The van der Waals surface area contributed by atoms with Crippen LogP contribution in [0.5, 0.6) is 0 Å². The lowest BCUT2D eigenvalue weighted by atomic mass is 10.0. The summed E-state index contributed by atoms with van der Waals surface area (Å²) in [5.74, 6) is 0. The van der Waals surface area contributed by atoms with Crippen molar-refractivity contribution in [3.63, 3.8) is 0 Å². The quantitative estimate of drug-likeness (QED) is 0.695. The molecule has 0 saturated carbocycles. The molecule has 0 saturated heterocycles. The van der Waals surface area contributed by atoms with Crippen LogP contribution in [-0.2, 0) is 6.42 Å². The summed E-state index contributed by atoms with van der Waals surface area (Å²) >= 11 is 0. The smallest absolute Gasteiger partial charge is 0.0434 e. The number of anilines is 1. The van der Waals surface area contributed by atoms with Crippen molar-refractivity contribution in [1.29, 1.82) is 0 Å². The van der Waals surface area contributed by atoms with Crippen LogP contribution in [0.4, 0.5) is 5.69 Å². The fourth-order valence-corrected chi connectivity index (χ4v) is 1.49. The van der Waals surface area contributed by atoms with Gasteiger partial charge in [0.1, 0.15) is 0 Å². The van der Waals surface area contributed by atoms with Crippen LogP contribution in [0.2, 0.25) is 0 Å². The molecular formula is C11H17NO. The number of hydrogen-bond acceptors (Lipinski definition) is 2. The maximum absolute atomic E-state index is 8.70. The van der Waals surface area contributed by atoms with Gasteiger partial charge in [0.2, 0.25) is 0 Å². The molecular weight excluding hydrogens is 162 g/mol. The van der Waals surface area contributed by atoms with Gasteiger partial charge >= 0.3 is 0 Å². The monoisotopic (exact) mass is 179 g/mol. The van der Waals surface area contributed by atoms with Gasteiger partial charge < -0.3 is 10.8 Å². The van der Waals surface area contributed by atoms with E-state index in [-0.39, 0.29) is 6.61 Å². The molecule has 0 heterocycles. The van der Waals surface area contributed by atoms with E-state index in [9.17, 15) is 0 Å². The van der Waals surface area contributed by atoms with Crippen molar-refractivity contribution in [1.82, 2.24) is 0 Å². The van der Waals surface area contributed by atoms with E-state index in [1.54, 1.807) is 0 Å².